The molecule has 0 N–H and O–H groups in total. The number of furan rings is 1. The van der Waals surface area contributed by atoms with Crippen LogP contribution in [0.2, 0.25) is 0 Å². The van der Waals surface area contributed by atoms with Gasteiger partial charge in [-0.1, -0.05) is 18.7 Å². The number of hydrogen-bond donors (Lipinski definition) is 0. The Morgan fingerprint density at radius 2 is 2.04 bits per heavy atom. The number of rotatable bonds is 4. The molecule has 1 aromatic carbocycles. The summed E-state index contributed by atoms with van der Waals surface area (Å²) in [6.07, 6.45) is 2.72. The maximum atomic E-state index is 15.5. The quantitative estimate of drug-likeness (QED) is 0.699. The second kappa shape index (κ2) is 7.40. The van der Waals surface area contributed by atoms with Crippen molar-refractivity contribution in [1.29, 1.82) is 0 Å². The molecule has 28 heavy (non-hydrogen) atoms. The summed E-state index contributed by atoms with van der Waals surface area (Å²) in [4.78, 5) is 27.7. The molecule has 0 aliphatic carbocycles. The summed E-state index contributed by atoms with van der Waals surface area (Å²) in [5.41, 5.74) is 1.08. The molecule has 150 valence electrons. The number of amides is 1. The van der Waals surface area contributed by atoms with Gasteiger partial charge in [0, 0.05) is 35.8 Å². The van der Waals surface area contributed by atoms with Crippen LogP contribution in [0.15, 0.2) is 16.7 Å². The Balaban J connectivity index is 1.84. The van der Waals surface area contributed by atoms with Crippen molar-refractivity contribution in [3.05, 3.63) is 23.7 Å². The number of aldehydes is 1. The molecule has 3 heterocycles. The topological polar surface area (TPSA) is 63.0 Å². The molecule has 8 heteroatoms. The number of benzene rings is 1. The van der Waals surface area contributed by atoms with Crippen LogP contribution in [-0.2, 0) is 4.74 Å². The zero-order chi connectivity index (χ0) is 20.0. The minimum absolute atomic E-state index is 0.0293. The van der Waals surface area contributed by atoms with Gasteiger partial charge in [0.1, 0.15) is 6.26 Å². The SMILES string of the molecule is CC[C@H]1CSC(=O)N1c1coc2c(F)c(N3C[C@@H](C)O[C@H](C)C3)c(C=O)cc12. The molecule has 2 saturated heterocycles. The molecule has 0 saturated carbocycles. The van der Waals surface area contributed by atoms with E-state index in [9.17, 15) is 9.59 Å². The summed E-state index contributed by atoms with van der Waals surface area (Å²) >= 11 is 1.25. The van der Waals surface area contributed by atoms with Crippen molar-refractivity contribution in [3.63, 3.8) is 0 Å². The Kier molecular flexibility index (Phi) is 5.09. The molecule has 0 radical (unpaired) electrons. The van der Waals surface area contributed by atoms with Gasteiger partial charge in [0.05, 0.1) is 23.6 Å². The lowest BCUT2D eigenvalue weighted by Crippen LogP contribution is -2.46. The van der Waals surface area contributed by atoms with Gasteiger partial charge < -0.3 is 14.1 Å². The first kappa shape index (κ1) is 19.3. The number of carbonyl (C=O) groups is 2. The summed E-state index contributed by atoms with van der Waals surface area (Å²) in [5, 5.41) is 0.370. The number of ether oxygens (including phenoxy) is 1. The summed E-state index contributed by atoms with van der Waals surface area (Å²) in [6, 6.07) is 1.66. The lowest BCUT2D eigenvalue weighted by Gasteiger charge is -2.37. The maximum absolute atomic E-state index is 15.5. The number of nitrogens with zero attached hydrogens (tertiary/aromatic N) is 2. The van der Waals surface area contributed by atoms with Crippen LogP contribution in [0.4, 0.5) is 20.6 Å². The van der Waals surface area contributed by atoms with Crippen molar-refractivity contribution >= 4 is 45.6 Å². The van der Waals surface area contributed by atoms with Crippen LogP contribution >= 0.6 is 11.8 Å². The zero-order valence-corrected chi connectivity index (χ0v) is 16.9. The minimum Gasteiger partial charge on any atom is -0.459 e. The van der Waals surface area contributed by atoms with Crippen LogP contribution in [0.3, 0.4) is 0 Å². The van der Waals surface area contributed by atoms with E-state index in [1.807, 2.05) is 25.7 Å². The van der Waals surface area contributed by atoms with E-state index in [2.05, 4.69) is 0 Å². The summed E-state index contributed by atoms with van der Waals surface area (Å²) in [5.74, 6) is 0.117. The van der Waals surface area contributed by atoms with E-state index in [-0.39, 0.29) is 40.3 Å². The minimum atomic E-state index is -0.570. The van der Waals surface area contributed by atoms with E-state index in [4.69, 9.17) is 9.15 Å². The van der Waals surface area contributed by atoms with Gasteiger partial charge in [-0.2, -0.15) is 0 Å². The largest absolute Gasteiger partial charge is 0.459 e. The van der Waals surface area contributed by atoms with E-state index >= 15 is 4.39 Å². The fourth-order valence-corrected chi connectivity index (χ4v) is 5.25. The van der Waals surface area contributed by atoms with Gasteiger partial charge in [-0.3, -0.25) is 14.5 Å². The van der Waals surface area contributed by atoms with Crippen molar-refractivity contribution in [2.24, 2.45) is 0 Å². The third-order valence-corrected chi connectivity index (χ3v) is 6.34. The van der Waals surface area contributed by atoms with Crippen LogP contribution in [0, 0.1) is 5.82 Å². The van der Waals surface area contributed by atoms with Crippen molar-refractivity contribution in [2.75, 3.05) is 28.6 Å². The summed E-state index contributed by atoms with van der Waals surface area (Å²) < 4.78 is 26.8. The Morgan fingerprint density at radius 3 is 2.68 bits per heavy atom. The third-order valence-electron chi connectivity index (χ3n) is 5.34. The van der Waals surface area contributed by atoms with Crippen LogP contribution in [0.1, 0.15) is 37.6 Å². The van der Waals surface area contributed by atoms with E-state index in [1.54, 1.807) is 11.0 Å². The molecule has 2 fully saturated rings. The Morgan fingerprint density at radius 1 is 1.32 bits per heavy atom. The molecule has 6 nitrogen and oxygen atoms in total. The van der Waals surface area contributed by atoms with E-state index in [0.717, 1.165) is 6.42 Å². The second-order valence-corrected chi connectivity index (χ2v) is 8.39. The van der Waals surface area contributed by atoms with E-state index in [0.29, 0.717) is 36.2 Å². The highest BCUT2D eigenvalue weighted by Gasteiger charge is 2.35. The maximum Gasteiger partial charge on any atom is 0.286 e. The first-order valence-corrected chi connectivity index (χ1v) is 10.5. The number of thioether (sulfide) groups is 1. The van der Waals surface area contributed by atoms with Crippen LogP contribution < -0.4 is 9.80 Å². The molecule has 1 amide bonds. The predicted octanol–water partition coefficient (Wildman–Crippen LogP) is 4.45. The number of halogens is 1. The lowest BCUT2D eigenvalue weighted by atomic mass is 10.1. The third kappa shape index (κ3) is 3.08. The average Bonchev–Trinajstić information content (AvgIpc) is 3.23. The zero-order valence-electron chi connectivity index (χ0n) is 16.1. The van der Waals surface area contributed by atoms with Crippen LogP contribution in [0.25, 0.3) is 11.0 Å². The molecule has 2 aromatic rings. The Labute approximate surface area is 167 Å². The van der Waals surface area contributed by atoms with Crippen LogP contribution in [0.5, 0.6) is 0 Å². The van der Waals surface area contributed by atoms with Crippen molar-refractivity contribution in [2.45, 2.75) is 45.4 Å². The van der Waals surface area contributed by atoms with E-state index in [1.165, 1.54) is 18.0 Å². The first-order valence-electron chi connectivity index (χ1n) is 9.49. The fraction of sp³-hybridized carbons (Fsp3) is 0.500. The van der Waals surface area contributed by atoms with Crippen molar-refractivity contribution in [3.8, 4) is 0 Å². The monoisotopic (exact) mass is 406 g/mol. The fourth-order valence-electron chi connectivity index (χ4n) is 4.14. The molecule has 1 aromatic heterocycles. The Hall–Kier alpha value is -2.06. The predicted molar refractivity (Wildman–Crippen MR) is 108 cm³/mol. The molecule has 2 aliphatic rings. The number of fused-ring (bicyclic) bond motifs is 1. The highest BCUT2D eigenvalue weighted by atomic mass is 32.2. The van der Waals surface area contributed by atoms with Gasteiger partial charge in [-0.05, 0) is 26.3 Å². The highest BCUT2D eigenvalue weighted by Crippen LogP contribution is 2.41. The molecule has 0 bridgehead atoms. The van der Waals surface area contributed by atoms with Crippen molar-refractivity contribution in [1.82, 2.24) is 0 Å². The average molecular weight is 406 g/mol. The normalized spacial score (nSPS) is 25.7. The Bertz CT molecular complexity index is 921. The lowest BCUT2D eigenvalue weighted by molar-refractivity contribution is -0.00542. The van der Waals surface area contributed by atoms with Gasteiger partial charge >= 0.3 is 0 Å². The smallest absolute Gasteiger partial charge is 0.286 e. The van der Waals surface area contributed by atoms with Gasteiger partial charge in [0.15, 0.2) is 17.7 Å². The number of morpholine rings is 1. The first-order chi connectivity index (χ1) is 13.4. The molecule has 0 unspecified atom stereocenters. The van der Waals surface area contributed by atoms with Gasteiger partial charge in [-0.25, -0.2) is 4.39 Å². The molecular formula is C20H23FN2O4S. The molecule has 3 atom stereocenters. The number of hydrogen-bond acceptors (Lipinski definition) is 6. The van der Waals surface area contributed by atoms with Gasteiger partial charge in [0.2, 0.25) is 0 Å². The summed E-state index contributed by atoms with van der Waals surface area (Å²) in [6.45, 7) is 6.83. The molecule has 0 spiro atoms. The molecule has 2 aliphatic heterocycles. The standard InChI is InChI=1S/C20H23FN2O4S/c1-4-14-10-28-20(25)23(14)16-9-26-19-15(16)5-13(8-24)18(17(19)21)22-6-11(2)27-12(3)7-22/h5,8-9,11-12,14H,4,6-7,10H2,1-3H3/t11-,12-,14+/m1/s1. The number of carbonyl (C=O) groups excluding carboxylic acids is 2. The van der Waals surface area contributed by atoms with Gasteiger partial charge in [0.25, 0.3) is 5.24 Å². The highest BCUT2D eigenvalue weighted by molar-refractivity contribution is 8.14. The van der Waals surface area contributed by atoms with E-state index < -0.39 is 5.82 Å². The molecular weight excluding hydrogens is 383 g/mol. The second-order valence-electron chi connectivity index (χ2n) is 7.42. The summed E-state index contributed by atoms with van der Waals surface area (Å²) in [7, 11) is 0. The number of anilines is 2. The molecule has 4 rings (SSSR count). The van der Waals surface area contributed by atoms with Crippen LogP contribution in [-0.4, -0.2) is 48.6 Å². The van der Waals surface area contributed by atoms with Gasteiger partial charge in [-0.15, -0.1) is 0 Å². The van der Waals surface area contributed by atoms with Crippen molar-refractivity contribution < 1.29 is 23.1 Å².